The number of hydrogen-bond donors (Lipinski definition) is 0. The Morgan fingerprint density at radius 1 is 1.21 bits per heavy atom. The molecule has 2 atom stereocenters. The van der Waals surface area contributed by atoms with Crippen molar-refractivity contribution in [2.24, 2.45) is 5.92 Å². The van der Waals surface area contributed by atoms with E-state index in [1.807, 2.05) is 0 Å². The first-order chi connectivity index (χ1) is 6.59. The van der Waals surface area contributed by atoms with E-state index in [4.69, 9.17) is 0 Å². The highest BCUT2D eigenvalue weighted by Gasteiger charge is 2.44. The van der Waals surface area contributed by atoms with Crippen LogP contribution in [0.4, 0.5) is 0 Å². The first kappa shape index (κ1) is 12.0. The van der Waals surface area contributed by atoms with Crippen molar-refractivity contribution in [1.29, 1.82) is 0 Å². The Kier molecular flexibility index (Phi) is 4.00. The van der Waals surface area contributed by atoms with Crippen LogP contribution in [-0.4, -0.2) is 23.5 Å². The van der Waals surface area contributed by atoms with E-state index >= 15 is 0 Å². The van der Waals surface area contributed by atoms with Crippen LogP contribution in [0.25, 0.3) is 0 Å². The molecule has 0 amide bonds. The van der Waals surface area contributed by atoms with Gasteiger partial charge in [-0.05, 0) is 45.6 Å². The van der Waals surface area contributed by atoms with Gasteiger partial charge in [-0.15, -0.1) is 0 Å². The molecule has 0 aromatic heterocycles. The number of rotatable bonds is 6. The van der Waals surface area contributed by atoms with E-state index in [9.17, 15) is 0 Å². The van der Waals surface area contributed by atoms with Gasteiger partial charge in [0.25, 0.3) is 0 Å². The number of nitrogens with zero attached hydrogens (tertiary/aromatic N) is 1. The fourth-order valence-corrected chi connectivity index (χ4v) is 2.54. The number of hydrogen-bond acceptors (Lipinski definition) is 1. The van der Waals surface area contributed by atoms with Crippen LogP contribution in [0.1, 0.15) is 59.8 Å². The van der Waals surface area contributed by atoms with Crippen molar-refractivity contribution >= 4 is 0 Å². The fraction of sp³-hybridized carbons (Fsp3) is 1.00. The zero-order valence-corrected chi connectivity index (χ0v) is 10.6. The first-order valence-corrected chi connectivity index (χ1v) is 6.32. The molecule has 1 saturated carbocycles. The lowest BCUT2D eigenvalue weighted by Gasteiger charge is -2.38. The summed E-state index contributed by atoms with van der Waals surface area (Å²) in [4.78, 5) is 2.65. The van der Waals surface area contributed by atoms with Crippen LogP contribution in [0, 0.1) is 5.92 Å². The molecule has 14 heavy (non-hydrogen) atoms. The predicted octanol–water partition coefficient (Wildman–Crippen LogP) is 3.69. The van der Waals surface area contributed by atoms with Crippen molar-refractivity contribution in [2.75, 3.05) is 7.05 Å². The van der Waals surface area contributed by atoms with Gasteiger partial charge in [0.1, 0.15) is 0 Å². The smallest absolute Gasteiger partial charge is 0.0176 e. The zero-order chi connectivity index (χ0) is 10.8. The lowest BCUT2D eigenvalue weighted by Crippen LogP contribution is -2.44. The molecule has 1 nitrogen and oxygen atoms in total. The average Bonchev–Trinajstić information content (AvgIpc) is 2.95. The summed E-state index contributed by atoms with van der Waals surface area (Å²) in [5, 5.41) is 0. The van der Waals surface area contributed by atoms with Crippen molar-refractivity contribution in [3.8, 4) is 0 Å². The molecule has 2 unspecified atom stereocenters. The molecule has 0 spiro atoms. The summed E-state index contributed by atoms with van der Waals surface area (Å²) in [7, 11) is 2.33. The Morgan fingerprint density at radius 3 is 2.21 bits per heavy atom. The van der Waals surface area contributed by atoms with Crippen molar-refractivity contribution < 1.29 is 0 Å². The summed E-state index contributed by atoms with van der Waals surface area (Å²) < 4.78 is 0. The largest absolute Gasteiger partial charge is 0.298 e. The quantitative estimate of drug-likeness (QED) is 0.628. The molecule has 0 bridgehead atoms. The third-order valence-corrected chi connectivity index (χ3v) is 4.42. The van der Waals surface area contributed by atoms with Gasteiger partial charge in [-0.3, -0.25) is 4.90 Å². The second-order valence-corrected chi connectivity index (χ2v) is 5.17. The van der Waals surface area contributed by atoms with Crippen molar-refractivity contribution in [3.63, 3.8) is 0 Å². The second-order valence-electron chi connectivity index (χ2n) is 5.17. The molecule has 0 radical (unpaired) electrons. The van der Waals surface area contributed by atoms with Crippen molar-refractivity contribution in [3.05, 3.63) is 0 Å². The molecule has 0 aliphatic heterocycles. The minimum absolute atomic E-state index is 0.438. The Morgan fingerprint density at radius 2 is 1.79 bits per heavy atom. The van der Waals surface area contributed by atoms with E-state index in [0.29, 0.717) is 5.54 Å². The van der Waals surface area contributed by atoms with E-state index in [0.717, 1.165) is 12.0 Å². The molecule has 1 fully saturated rings. The van der Waals surface area contributed by atoms with E-state index in [-0.39, 0.29) is 0 Å². The summed E-state index contributed by atoms with van der Waals surface area (Å²) in [6.07, 6.45) is 6.77. The van der Waals surface area contributed by atoms with Crippen LogP contribution in [-0.2, 0) is 0 Å². The molecule has 0 N–H and O–H groups in total. The summed E-state index contributed by atoms with van der Waals surface area (Å²) in [5.74, 6) is 1.00. The van der Waals surface area contributed by atoms with Crippen LogP contribution < -0.4 is 0 Å². The molecule has 1 aliphatic rings. The van der Waals surface area contributed by atoms with Crippen LogP contribution in [0.2, 0.25) is 0 Å². The van der Waals surface area contributed by atoms with Crippen molar-refractivity contribution in [1.82, 2.24) is 4.90 Å². The standard InChI is InChI=1S/C13H27N/c1-6-9-11-10-12(11)14(5)13(4,7-2)8-3/h11-12H,6-10H2,1-5H3. The minimum Gasteiger partial charge on any atom is -0.298 e. The maximum Gasteiger partial charge on any atom is 0.0176 e. The van der Waals surface area contributed by atoms with Gasteiger partial charge in [0.05, 0.1) is 0 Å². The maximum atomic E-state index is 2.65. The molecular weight excluding hydrogens is 170 g/mol. The molecule has 84 valence electrons. The summed E-state index contributed by atoms with van der Waals surface area (Å²) in [6.45, 7) is 9.34. The van der Waals surface area contributed by atoms with Crippen LogP contribution in [0.3, 0.4) is 0 Å². The van der Waals surface area contributed by atoms with Gasteiger partial charge in [0.15, 0.2) is 0 Å². The summed E-state index contributed by atoms with van der Waals surface area (Å²) in [6, 6.07) is 0.889. The van der Waals surface area contributed by atoms with Gasteiger partial charge < -0.3 is 0 Å². The summed E-state index contributed by atoms with van der Waals surface area (Å²) in [5.41, 5.74) is 0.438. The molecular formula is C13H27N. The highest BCUT2D eigenvalue weighted by molar-refractivity contribution is 4.99. The predicted molar refractivity (Wildman–Crippen MR) is 63.6 cm³/mol. The van der Waals surface area contributed by atoms with Gasteiger partial charge in [-0.2, -0.15) is 0 Å². The van der Waals surface area contributed by atoms with Gasteiger partial charge >= 0.3 is 0 Å². The van der Waals surface area contributed by atoms with Crippen molar-refractivity contribution in [2.45, 2.75) is 71.4 Å². The Bertz CT molecular complexity index is 172. The SMILES string of the molecule is CCCC1CC1N(C)C(C)(CC)CC. The average molecular weight is 197 g/mol. The van der Waals surface area contributed by atoms with E-state index in [2.05, 4.69) is 39.6 Å². The van der Waals surface area contributed by atoms with E-state index < -0.39 is 0 Å². The molecule has 0 aromatic rings. The Hall–Kier alpha value is -0.0400. The third kappa shape index (κ3) is 2.31. The van der Waals surface area contributed by atoms with Gasteiger partial charge in [-0.25, -0.2) is 0 Å². The summed E-state index contributed by atoms with van der Waals surface area (Å²) >= 11 is 0. The molecule has 1 aliphatic carbocycles. The first-order valence-electron chi connectivity index (χ1n) is 6.32. The lowest BCUT2D eigenvalue weighted by molar-refractivity contribution is 0.111. The third-order valence-electron chi connectivity index (χ3n) is 4.42. The Balaban J connectivity index is 2.45. The zero-order valence-electron chi connectivity index (χ0n) is 10.6. The fourth-order valence-electron chi connectivity index (χ4n) is 2.54. The minimum atomic E-state index is 0.438. The van der Waals surface area contributed by atoms with Crippen LogP contribution >= 0.6 is 0 Å². The maximum absolute atomic E-state index is 2.65. The topological polar surface area (TPSA) is 3.24 Å². The molecule has 0 saturated heterocycles. The normalized spacial score (nSPS) is 27.0. The van der Waals surface area contributed by atoms with Crippen LogP contribution in [0.15, 0.2) is 0 Å². The highest BCUT2D eigenvalue weighted by atomic mass is 15.2. The molecule has 0 aromatic carbocycles. The Labute approximate surface area is 89.9 Å². The van der Waals surface area contributed by atoms with Gasteiger partial charge in [0.2, 0.25) is 0 Å². The molecule has 0 heterocycles. The van der Waals surface area contributed by atoms with Crippen LogP contribution in [0.5, 0.6) is 0 Å². The molecule has 1 heteroatoms. The monoisotopic (exact) mass is 197 g/mol. The second kappa shape index (κ2) is 4.65. The molecule has 1 rings (SSSR count). The highest BCUT2D eigenvalue weighted by Crippen LogP contribution is 2.42. The van der Waals surface area contributed by atoms with E-state index in [1.54, 1.807) is 0 Å². The van der Waals surface area contributed by atoms with Gasteiger partial charge in [-0.1, -0.05) is 27.2 Å². The lowest BCUT2D eigenvalue weighted by atomic mass is 9.93. The van der Waals surface area contributed by atoms with Gasteiger partial charge in [0, 0.05) is 11.6 Å². The van der Waals surface area contributed by atoms with E-state index in [1.165, 1.54) is 32.1 Å².